The standard InChI is InChI=1S/C30H43BO2S3/c1-7-9-11-13-15-22-17-19-25(34-22)24-21-27(31-32-29(3,4)30(5,6)33-31)36-28(24)26-20-18-23(35-26)16-14-12-10-8-2/h17-21H,7-16H2,1-6H3. The molecule has 3 aromatic heterocycles. The second kappa shape index (κ2) is 12.3. The second-order valence-electron chi connectivity index (χ2n) is 11.1. The molecule has 0 unspecified atom stereocenters. The molecule has 196 valence electrons. The molecule has 1 aliphatic heterocycles. The average molecular weight is 543 g/mol. The van der Waals surface area contributed by atoms with Crippen molar-refractivity contribution in [3.8, 4) is 20.2 Å². The Morgan fingerprint density at radius 1 is 0.667 bits per heavy atom. The summed E-state index contributed by atoms with van der Waals surface area (Å²) in [6, 6.07) is 11.7. The lowest BCUT2D eigenvalue weighted by Crippen LogP contribution is -2.41. The molecule has 0 aliphatic carbocycles. The number of hydrogen-bond donors (Lipinski definition) is 0. The summed E-state index contributed by atoms with van der Waals surface area (Å²) < 4.78 is 14.1. The minimum absolute atomic E-state index is 0.311. The van der Waals surface area contributed by atoms with Gasteiger partial charge in [0, 0.05) is 29.8 Å². The van der Waals surface area contributed by atoms with Gasteiger partial charge in [0.25, 0.3) is 0 Å². The zero-order valence-corrected chi connectivity index (χ0v) is 25.5. The first kappa shape index (κ1) is 28.1. The third kappa shape index (κ3) is 6.55. The van der Waals surface area contributed by atoms with Crippen LogP contribution in [0.1, 0.15) is 103 Å². The topological polar surface area (TPSA) is 18.5 Å². The smallest absolute Gasteiger partial charge is 0.399 e. The molecule has 0 atom stereocenters. The van der Waals surface area contributed by atoms with Crippen LogP contribution in [0.25, 0.3) is 20.2 Å². The van der Waals surface area contributed by atoms with Crippen LogP contribution in [0.3, 0.4) is 0 Å². The molecule has 0 radical (unpaired) electrons. The van der Waals surface area contributed by atoms with Gasteiger partial charge in [0.1, 0.15) is 0 Å². The Balaban J connectivity index is 1.60. The van der Waals surface area contributed by atoms with Crippen molar-refractivity contribution in [2.75, 3.05) is 0 Å². The number of unbranched alkanes of at least 4 members (excludes halogenated alkanes) is 6. The molecule has 0 bridgehead atoms. The van der Waals surface area contributed by atoms with Crippen molar-refractivity contribution in [1.82, 2.24) is 0 Å². The maximum atomic E-state index is 6.45. The van der Waals surface area contributed by atoms with E-state index in [9.17, 15) is 0 Å². The van der Waals surface area contributed by atoms with Gasteiger partial charge in [-0.05, 0) is 83.7 Å². The van der Waals surface area contributed by atoms with Gasteiger partial charge in [-0.3, -0.25) is 0 Å². The molecular formula is C30H43BO2S3. The Morgan fingerprint density at radius 3 is 1.75 bits per heavy atom. The minimum atomic E-state index is -0.328. The average Bonchev–Trinajstić information content (AvgIpc) is 3.60. The van der Waals surface area contributed by atoms with Crippen molar-refractivity contribution in [2.24, 2.45) is 0 Å². The van der Waals surface area contributed by atoms with Crippen LogP contribution in [0.15, 0.2) is 30.3 Å². The molecule has 0 saturated carbocycles. The largest absolute Gasteiger partial charge is 0.505 e. The van der Waals surface area contributed by atoms with E-state index < -0.39 is 0 Å². The zero-order valence-electron chi connectivity index (χ0n) is 23.1. The highest BCUT2D eigenvalue weighted by Crippen LogP contribution is 2.44. The van der Waals surface area contributed by atoms with Crippen molar-refractivity contribution in [1.29, 1.82) is 0 Å². The fraction of sp³-hybridized carbons (Fsp3) is 0.600. The van der Waals surface area contributed by atoms with Gasteiger partial charge in [0.15, 0.2) is 0 Å². The summed E-state index contributed by atoms with van der Waals surface area (Å²) >= 11 is 5.78. The van der Waals surface area contributed by atoms with Crippen LogP contribution in [-0.4, -0.2) is 18.3 Å². The van der Waals surface area contributed by atoms with Gasteiger partial charge in [-0.25, -0.2) is 0 Å². The lowest BCUT2D eigenvalue weighted by atomic mass is 9.87. The summed E-state index contributed by atoms with van der Waals surface area (Å²) in [5.74, 6) is 0. The van der Waals surface area contributed by atoms with Crippen LogP contribution in [0.2, 0.25) is 0 Å². The molecule has 0 N–H and O–H groups in total. The molecule has 4 heterocycles. The van der Waals surface area contributed by atoms with E-state index in [4.69, 9.17) is 9.31 Å². The highest BCUT2D eigenvalue weighted by molar-refractivity contribution is 7.29. The van der Waals surface area contributed by atoms with Crippen LogP contribution in [0.4, 0.5) is 0 Å². The molecule has 0 aromatic carbocycles. The monoisotopic (exact) mass is 542 g/mol. The summed E-state index contributed by atoms with van der Waals surface area (Å²) in [7, 11) is -0.311. The third-order valence-electron chi connectivity index (χ3n) is 7.60. The lowest BCUT2D eigenvalue weighted by Gasteiger charge is -2.32. The van der Waals surface area contributed by atoms with E-state index in [0.29, 0.717) is 0 Å². The summed E-state index contributed by atoms with van der Waals surface area (Å²) in [5, 5.41) is 0. The van der Waals surface area contributed by atoms with Crippen LogP contribution < -0.4 is 4.78 Å². The Bertz CT molecular complexity index is 1020. The maximum absolute atomic E-state index is 6.45. The lowest BCUT2D eigenvalue weighted by molar-refractivity contribution is 0.00578. The predicted molar refractivity (Wildman–Crippen MR) is 162 cm³/mol. The first-order valence-electron chi connectivity index (χ1n) is 13.9. The van der Waals surface area contributed by atoms with Gasteiger partial charge in [0.05, 0.1) is 16.1 Å². The van der Waals surface area contributed by atoms with E-state index in [2.05, 4.69) is 71.9 Å². The number of rotatable bonds is 13. The normalized spacial score (nSPS) is 16.8. The molecule has 4 rings (SSSR count). The third-order valence-corrected chi connectivity index (χ3v) is 11.3. The summed E-state index contributed by atoms with van der Waals surface area (Å²) in [6.45, 7) is 13.1. The van der Waals surface area contributed by atoms with E-state index in [-0.39, 0.29) is 18.3 Å². The van der Waals surface area contributed by atoms with E-state index in [0.717, 1.165) is 0 Å². The molecule has 36 heavy (non-hydrogen) atoms. The Morgan fingerprint density at radius 2 is 1.19 bits per heavy atom. The Kier molecular flexibility index (Phi) is 9.60. The van der Waals surface area contributed by atoms with Gasteiger partial charge < -0.3 is 9.31 Å². The van der Waals surface area contributed by atoms with Crippen LogP contribution in [0, 0.1) is 0 Å². The van der Waals surface area contributed by atoms with E-state index in [1.807, 2.05) is 34.0 Å². The first-order valence-corrected chi connectivity index (χ1v) is 16.4. The van der Waals surface area contributed by atoms with Gasteiger partial charge >= 0.3 is 7.12 Å². The van der Waals surface area contributed by atoms with E-state index >= 15 is 0 Å². The summed E-state index contributed by atoms with van der Waals surface area (Å²) in [6.07, 6.45) is 12.9. The fourth-order valence-corrected chi connectivity index (χ4v) is 8.04. The molecule has 6 heteroatoms. The zero-order chi connectivity index (χ0) is 25.8. The van der Waals surface area contributed by atoms with Crippen molar-refractivity contribution in [3.05, 3.63) is 40.1 Å². The Hall–Kier alpha value is -0.915. The van der Waals surface area contributed by atoms with Crippen molar-refractivity contribution in [3.63, 3.8) is 0 Å². The highest BCUT2D eigenvalue weighted by atomic mass is 32.1. The molecule has 3 aromatic rings. The molecule has 0 spiro atoms. The van der Waals surface area contributed by atoms with E-state index in [1.165, 1.54) is 98.9 Å². The Labute approximate surface area is 231 Å². The van der Waals surface area contributed by atoms with Gasteiger partial charge in [-0.2, -0.15) is 0 Å². The number of aryl methyl sites for hydroxylation is 2. The van der Waals surface area contributed by atoms with E-state index in [1.54, 1.807) is 0 Å². The van der Waals surface area contributed by atoms with Crippen LogP contribution >= 0.6 is 34.0 Å². The molecule has 1 fully saturated rings. The van der Waals surface area contributed by atoms with Gasteiger partial charge in [-0.1, -0.05) is 52.4 Å². The van der Waals surface area contributed by atoms with Crippen LogP contribution in [-0.2, 0) is 22.2 Å². The SMILES string of the molecule is CCCCCCc1ccc(-c2cc(B3OC(C)(C)C(C)(C)O3)sc2-c2ccc(CCCCCC)s2)s1. The molecular weight excluding hydrogens is 499 g/mol. The summed E-state index contributed by atoms with van der Waals surface area (Å²) in [4.78, 5) is 7.11. The van der Waals surface area contributed by atoms with Crippen LogP contribution in [0.5, 0.6) is 0 Å². The van der Waals surface area contributed by atoms with Crippen molar-refractivity contribution in [2.45, 2.75) is 117 Å². The number of hydrogen-bond acceptors (Lipinski definition) is 5. The maximum Gasteiger partial charge on any atom is 0.505 e. The first-order chi connectivity index (χ1) is 17.2. The number of thiophene rings is 3. The minimum Gasteiger partial charge on any atom is -0.399 e. The molecule has 2 nitrogen and oxygen atoms in total. The molecule has 1 saturated heterocycles. The molecule has 0 amide bonds. The highest BCUT2D eigenvalue weighted by Gasteiger charge is 2.52. The predicted octanol–water partition coefficient (Wildman–Crippen LogP) is 9.75. The molecule has 1 aliphatic rings. The summed E-state index contributed by atoms with van der Waals surface area (Å²) in [5.41, 5.74) is 0.685. The quantitative estimate of drug-likeness (QED) is 0.158. The second-order valence-corrected chi connectivity index (χ2v) is 14.6. The van der Waals surface area contributed by atoms with Crippen molar-refractivity contribution < 1.29 is 9.31 Å². The van der Waals surface area contributed by atoms with Gasteiger partial charge in [-0.15, -0.1) is 34.0 Å². The fourth-order valence-electron chi connectivity index (χ4n) is 4.59. The van der Waals surface area contributed by atoms with Crippen molar-refractivity contribution >= 4 is 45.9 Å². The van der Waals surface area contributed by atoms with Gasteiger partial charge in [0.2, 0.25) is 0 Å².